The van der Waals surface area contributed by atoms with Crippen LogP contribution in [-0.2, 0) is 6.54 Å². The Kier molecular flexibility index (Phi) is 2.92. The van der Waals surface area contributed by atoms with E-state index in [1.807, 2.05) is 6.20 Å². The summed E-state index contributed by atoms with van der Waals surface area (Å²) in [5, 5.41) is 7.12. The van der Waals surface area contributed by atoms with E-state index in [1.54, 1.807) is 0 Å². The molecule has 3 heteroatoms. The van der Waals surface area contributed by atoms with Gasteiger partial charge in [0.05, 0.1) is 0 Å². The normalized spacial score (nSPS) is 20.8. The Morgan fingerprint density at radius 1 is 1.24 bits per heavy atom. The predicted octanol–water partition coefficient (Wildman–Crippen LogP) is 2.40. The third-order valence-electron chi connectivity index (χ3n) is 3.48. The van der Waals surface area contributed by atoms with Crippen LogP contribution in [0.4, 0.5) is 0 Å². The van der Waals surface area contributed by atoms with Crippen LogP contribution in [0.2, 0.25) is 0 Å². The van der Waals surface area contributed by atoms with Gasteiger partial charge in [-0.1, -0.05) is 30.3 Å². The summed E-state index contributed by atoms with van der Waals surface area (Å²) in [4.78, 5) is 2.51. The van der Waals surface area contributed by atoms with Crippen molar-refractivity contribution >= 4 is 0 Å². The van der Waals surface area contributed by atoms with Gasteiger partial charge in [-0.2, -0.15) is 5.10 Å². The van der Waals surface area contributed by atoms with E-state index in [-0.39, 0.29) is 0 Å². The number of nitrogens with one attached hydrogen (secondary N) is 1. The number of rotatable bonds is 3. The molecule has 1 N–H and O–H groups in total. The molecule has 1 atom stereocenters. The standard InChI is InChI=1S/C14H17N3/c1-2-4-12(5-3-1)10-17-9-7-13(11-17)14-6-8-15-16-14/h1-6,8,13H,7,9-11H2,(H,15,16)/t13-/m0/s1. The number of likely N-dealkylation sites (tertiary alicyclic amines) is 1. The predicted molar refractivity (Wildman–Crippen MR) is 67.7 cm³/mol. The first kappa shape index (κ1) is 10.5. The Labute approximate surface area is 101 Å². The molecule has 3 nitrogen and oxygen atoms in total. The second-order valence-electron chi connectivity index (χ2n) is 4.72. The third kappa shape index (κ3) is 2.39. The van der Waals surface area contributed by atoms with Crippen molar-refractivity contribution in [3.8, 4) is 0 Å². The first-order valence-electron chi connectivity index (χ1n) is 6.17. The van der Waals surface area contributed by atoms with Gasteiger partial charge in [0.25, 0.3) is 0 Å². The number of H-pyrrole nitrogens is 1. The molecule has 0 amide bonds. The Hall–Kier alpha value is -1.61. The SMILES string of the molecule is c1ccc(CN2CC[C@H](c3ccn[nH]3)C2)cc1. The summed E-state index contributed by atoms with van der Waals surface area (Å²) in [7, 11) is 0. The van der Waals surface area contributed by atoms with Gasteiger partial charge in [0.2, 0.25) is 0 Å². The average molecular weight is 227 g/mol. The monoisotopic (exact) mass is 227 g/mol. The lowest BCUT2D eigenvalue weighted by Crippen LogP contribution is -2.19. The van der Waals surface area contributed by atoms with Crippen molar-refractivity contribution in [3.63, 3.8) is 0 Å². The molecule has 1 aliphatic heterocycles. The van der Waals surface area contributed by atoms with Gasteiger partial charge in [0.1, 0.15) is 0 Å². The van der Waals surface area contributed by atoms with E-state index in [0.29, 0.717) is 5.92 Å². The van der Waals surface area contributed by atoms with Crippen molar-refractivity contribution < 1.29 is 0 Å². The molecule has 1 saturated heterocycles. The molecule has 17 heavy (non-hydrogen) atoms. The van der Waals surface area contributed by atoms with Crippen molar-refractivity contribution in [2.24, 2.45) is 0 Å². The van der Waals surface area contributed by atoms with Crippen molar-refractivity contribution in [3.05, 3.63) is 53.9 Å². The molecule has 1 aliphatic rings. The highest BCUT2D eigenvalue weighted by atomic mass is 15.2. The van der Waals surface area contributed by atoms with Crippen molar-refractivity contribution in [2.45, 2.75) is 18.9 Å². The quantitative estimate of drug-likeness (QED) is 0.873. The smallest absolute Gasteiger partial charge is 0.0490 e. The van der Waals surface area contributed by atoms with E-state index < -0.39 is 0 Å². The summed E-state index contributed by atoms with van der Waals surface area (Å²) < 4.78 is 0. The molecule has 0 aliphatic carbocycles. The third-order valence-corrected chi connectivity index (χ3v) is 3.48. The summed E-state index contributed by atoms with van der Waals surface area (Å²) in [5.74, 6) is 0.626. The maximum Gasteiger partial charge on any atom is 0.0490 e. The molecule has 2 heterocycles. The number of aromatic amines is 1. The Balaban J connectivity index is 1.61. The fourth-order valence-electron chi connectivity index (χ4n) is 2.57. The van der Waals surface area contributed by atoms with Gasteiger partial charge in [-0.3, -0.25) is 10.00 Å². The Bertz CT molecular complexity index is 450. The van der Waals surface area contributed by atoms with Crippen LogP contribution in [0.25, 0.3) is 0 Å². The lowest BCUT2D eigenvalue weighted by Gasteiger charge is -2.15. The minimum absolute atomic E-state index is 0.626. The largest absolute Gasteiger partial charge is 0.298 e. The van der Waals surface area contributed by atoms with Crippen LogP contribution in [0, 0.1) is 0 Å². The Morgan fingerprint density at radius 2 is 2.12 bits per heavy atom. The highest BCUT2D eigenvalue weighted by molar-refractivity contribution is 5.15. The molecule has 88 valence electrons. The number of nitrogens with zero attached hydrogens (tertiary/aromatic N) is 2. The van der Waals surface area contributed by atoms with Gasteiger partial charge in [-0.05, 0) is 24.6 Å². The number of hydrogen-bond donors (Lipinski definition) is 1. The van der Waals surface area contributed by atoms with Gasteiger partial charge in [0.15, 0.2) is 0 Å². The minimum Gasteiger partial charge on any atom is -0.298 e. The first-order chi connectivity index (χ1) is 8.42. The van der Waals surface area contributed by atoms with E-state index in [2.05, 4.69) is 51.5 Å². The molecule has 0 spiro atoms. The van der Waals surface area contributed by atoms with Crippen molar-refractivity contribution in [2.75, 3.05) is 13.1 Å². The van der Waals surface area contributed by atoms with Gasteiger partial charge in [0, 0.05) is 30.9 Å². The maximum atomic E-state index is 4.03. The first-order valence-corrected chi connectivity index (χ1v) is 6.17. The van der Waals surface area contributed by atoms with E-state index in [9.17, 15) is 0 Å². The lowest BCUT2D eigenvalue weighted by molar-refractivity contribution is 0.326. The number of benzene rings is 1. The van der Waals surface area contributed by atoms with Crippen LogP contribution < -0.4 is 0 Å². The van der Waals surface area contributed by atoms with Crippen molar-refractivity contribution in [1.82, 2.24) is 15.1 Å². The molecule has 0 saturated carbocycles. The lowest BCUT2D eigenvalue weighted by atomic mass is 10.1. The molecule has 1 fully saturated rings. The highest BCUT2D eigenvalue weighted by Crippen LogP contribution is 2.26. The summed E-state index contributed by atoms with van der Waals surface area (Å²) in [6.07, 6.45) is 3.07. The highest BCUT2D eigenvalue weighted by Gasteiger charge is 2.24. The number of hydrogen-bond acceptors (Lipinski definition) is 2. The van der Waals surface area contributed by atoms with Gasteiger partial charge in [-0.25, -0.2) is 0 Å². The van der Waals surface area contributed by atoms with Crippen LogP contribution in [0.5, 0.6) is 0 Å². The molecule has 1 aromatic heterocycles. The van der Waals surface area contributed by atoms with E-state index >= 15 is 0 Å². The molecule has 3 rings (SSSR count). The van der Waals surface area contributed by atoms with Crippen LogP contribution in [-0.4, -0.2) is 28.2 Å². The van der Waals surface area contributed by atoms with Crippen molar-refractivity contribution in [1.29, 1.82) is 0 Å². The van der Waals surface area contributed by atoms with E-state index in [0.717, 1.165) is 13.1 Å². The van der Waals surface area contributed by atoms with Crippen LogP contribution >= 0.6 is 0 Å². The van der Waals surface area contributed by atoms with Crippen LogP contribution in [0.15, 0.2) is 42.6 Å². The molecule has 1 aromatic carbocycles. The Morgan fingerprint density at radius 3 is 2.88 bits per heavy atom. The zero-order valence-electron chi connectivity index (χ0n) is 9.84. The second-order valence-corrected chi connectivity index (χ2v) is 4.72. The molecule has 2 aromatic rings. The van der Waals surface area contributed by atoms with Crippen LogP contribution in [0.3, 0.4) is 0 Å². The fourth-order valence-corrected chi connectivity index (χ4v) is 2.57. The molecular weight excluding hydrogens is 210 g/mol. The van der Waals surface area contributed by atoms with Gasteiger partial charge >= 0.3 is 0 Å². The molecule has 0 bridgehead atoms. The fraction of sp³-hybridized carbons (Fsp3) is 0.357. The average Bonchev–Trinajstić information content (AvgIpc) is 3.00. The zero-order valence-corrected chi connectivity index (χ0v) is 9.84. The summed E-state index contributed by atoms with van der Waals surface area (Å²) >= 11 is 0. The van der Waals surface area contributed by atoms with E-state index in [4.69, 9.17) is 0 Å². The maximum absolute atomic E-state index is 4.03. The minimum atomic E-state index is 0.626. The summed E-state index contributed by atoms with van der Waals surface area (Å²) in [6.45, 7) is 3.38. The summed E-state index contributed by atoms with van der Waals surface area (Å²) in [5.41, 5.74) is 2.68. The zero-order chi connectivity index (χ0) is 11.5. The molecular formula is C14H17N3. The molecule has 0 unspecified atom stereocenters. The van der Waals surface area contributed by atoms with E-state index in [1.165, 1.54) is 24.2 Å². The molecule has 0 radical (unpaired) electrons. The topological polar surface area (TPSA) is 31.9 Å². The van der Waals surface area contributed by atoms with Gasteiger partial charge < -0.3 is 0 Å². The van der Waals surface area contributed by atoms with Crippen LogP contribution in [0.1, 0.15) is 23.6 Å². The van der Waals surface area contributed by atoms with Gasteiger partial charge in [-0.15, -0.1) is 0 Å². The second kappa shape index (κ2) is 4.72. The summed E-state index contributed by atoms with van der Waals surface area (Å²) in [6, 6.07) is 12.8. The number of aromatic nitrogens is 2.